The standard InChI is InChI=1S/C13H18F2N2/c1-16-10-5-6-17(2)13(8-10)11-4-3-9(14)7-12(11)15/h3-4,7,10,13,16H,5-6,8H2,1-2H3/t10-,13+/m1/s1. The fourth-order valence-corrected chi connectivity index (χ4v) is 2.48. The molecule has 0 amide bonds. The summed E-state index contributed by atoms with van der Waals surface area (Å²) in [5, 5.41) is 3.23. The van der Waals surface area contributed by atoms with E-state index in [1.54, 1.807) is 6.07 Å². The van der Waals surface area contributed by atoms with Crippen molar-refractivity contribution in [3.63, 3.8) is 0 Å². The molecule has 1 fully saturated rings. The zero-order valence-corrected chi connectivity index (χ0v) is 10.2. The first-order chi connectivity index (χ1) is 8.11. The van der Waals surface area contributed by atoms with Crippen LogP contribution >= 0.6 is 0 Å². The van der Waals surface area contributed by atoms with E-state index in [0.717, 1.165) is 25.5 Å². The summed E-state index contributed by atoms with van der Waals surface area (Å²) < 4.78 is 26.6. The number of rotatable bonds is 2. The number of nitrogens with zero attached hydrogens (tertiary/aromatic N) is 1. The lowest BCUT2D eigenvalue weighted by Crippen LogP contribution is -2.41. The van der Waals surface area contributed by atoms with E-state index in [9.17, 15) is 8.78 Å². The fraction of sp³-hybridized carbons (Fsp3) is 0.538. The van der Waals surface area contributed by atoms with Crippen LogP contribution in [-0.2, 0) is 0 Å². The molecule has 2 nitrogen and oxygen atoms in total. The molecule has 0 bridgehead atoms. The number of halogens is 2. The first kappa shape index (κ1) is 12.5. The molecule has 0 aliphatic carbocycles. The minimum absolute atomic E-state index is 0.0294. The molecule has 1 saturated heterocycles. The van der Waals surface area contributed by atoms with Crippen molar-refractivity contribution in [2.45, 2.75) is 24.9 Å². The van der Waals surface area contributed by atoms with Crippen LogP contribution in [0, 0.1) is 11.6 Å². The summed E-state index contributed by atoms with van der Waals surface area (Å²) in [4.78, 5) is 2.13. The smallest absolute Gasteiger partial charge is 0.130 e. The Kier molecular flexibility index (Phi) is 3.74. The zero-order valence-electron chi connectivity index (χ0n) is 10.2. The summed E-state index contributed by atoms with van der Waals surface area (Å²) in [6.45, 7) is 0.924. The van der Waals surface area contributed by atoms with Gasteiger partial charge >= 0.3 is 0 Å². The van der Waals surface area contributed by atoms with Crippen LogP contribution in [0.25, 0.3) is 0 Å². The van der Waals surface area contributed by atoms with Gasteiger partial charge in [0.2, 0.25) is 0 Å². The normalized spacial score (nSPS) is 26.1. The predicted molar refractivity (Wildman–Crippen MR) is 63.8 cm³/mol. The number of piperidine rings is 1. The van der Waals surface area contributed by atoms with Gasteiger partial charge in [0.15, 0.2) is 0 Å². The fourth-order valence-electron chi connectivity index (χ4n) is 2.48. The third-order valence-electron chi connectivity index (χ3n) is 3.60. The summed E-state index contributed by atoms with van der Waals surface area (Å²) in [6.07, 6.45) is 1.92. The van der Waals surface area contributed by atoms with Crippen molar-refractivity contribution in [1.29, 1.82) is 0 Å². The molecule has 0 radical (unpaired) electrons. The highest BCUT2D eigenvalue weighted by molar-refractivity contribution is 5.23. The molecule has 0 saturated carbocycles. The molecule has 2 atom stereocenters. The Morgan fingerprint density at radius 2 is 2.12 bits per heavy atom. The van der Waals surface area contributed by atoms with Crippen molar-refractivity contribution in [2.75, 3.05) is 20.6 Å². The van der Waals surface area contributed by atoms with Crippen LogP contribution in [0.15, 0.2) is 18.2 Å². The largest absolute Gasteiger partial charge is 0.317 e. The quantitative estimate of drug-likeness (QED) is 0.853. The Labute approximate surface area is 101 Å². The molecule has 0 aromatic heterocycles. The lowest BCUT2D eigenvalue weighted by Gasteiger charge is -2.37. The first-order valence-electron chi connectivity index (χ1n) is 5.94. The van der Waals surface area contributed by atoms with Gasteiger partial charge in [-0.05, 0) is 39.5 Å². The Morgan fingerprint density at radius 1 is 1.35 bits per heavy atom. The highest BCUT2D eigenvalue weighted by Gasteiger charge is 2.28. The average Bonchev–Trinajstić information content (AvgIpc) is 2.30. The molecule has 1 N–H and O–H groups in total. The van der Waals surface area contributed by atoms with Crippen molar-refractivity contribution in [2.24, 2.45) is 0 Å². The molecule has 1 aromatic rings. The van der Waals surface area contributed by atoms with Crippen LogP contribution in [0.1, 0.15) is 24.4 Å². The SMILES string of the molecule is CN[C@@H]1CCN(C)[C@H](c2ccc(F)cc2F)C1. The average molecular weight is 240 g/mol. The van der Waals surface area contributed by atoms with Gasteiger partial charge in [-0.3, -0.25) is 4.90 Å². The zero-order chi connectivity index (χ0) is 12.4. The molecule has 1 heterocycles. The van der Waals surface area contributed by atoms with Crippen LogP contribution in [0.3, 0.4) is 0 Å². The van der Waals surface area contributed by atoms with Gasteiger partial charge in [-0.2, -0.15) is 0 Å². The number of likely N-dealkylation sites (tertiary alicyclic amines) is 1. The van der Waals surface area contributed by atoms with Gasteiger partial charge in [0.25, 0.3) is 0 Å². The van der Waals surface area contributed by atoms with Gasteiger partial charge in [0.05, 0.1) is 0 Å². The Balaban J connectivity index is 2.24. The molecule has 1 aliphatic heterocycles. The number of hydrogen-bond donors (Lipinski definition) is 1. The third kappa shape index (κ3) is 2.64. The third-order valence-corrected chi connectivity index (χ3v) is 3.60. The van der Waals surface area contributed by atoms with Gasteiger partial charge in [-0.15, -0.1) is 0 Å². The lowest BCUT2D eigenvalue weighted by atomic mass is 9.92. The molecule has 2 rings (SSSR count). The van der Waals surface area contributed by atoms with Crippen molar-refractivity contribution >= 4 is 0 Å². The van der Waals surface area contributed by atoms with Gasteiger partial charge in [-0.25, -0.2) is 8.78 Å². The Bertz CT molecular complexity index is 395. The summed E-state index contributed by atoms with van der Waals surface area (Å²) in [5.41, 5.74) is 0.592. The molecular weight excluding hydrogens is 222 g/mol. The van der Waals surface area contributed by atoms with Crippen molar-refractivity contribution in [3.8, 4) is 0 Å². The monoisotopic (exact) mass is 240 g/mol. The van der Waals surface area contributed by atoms with E-state index in [1.807, 2.05) is 14.1 Å². The molecule has 0 unspecified atom stereocenters. The minimum atomic E-state index is -0.519. The number of nitrogens with one attached hydrogen (secondary N) is 1. The Morgan fingerprint density at radius 3 is 2.76 bits per heavy atom. The number of hydrogen-bond acceptors (Lipinski definition) is 2. The molecule has 4 heteroatoms. The Hall–Kier alpha value is -1.00. The van der Waals surface area contributed by atoms with Crippen LogP contribution in [-0.4, -0.2) is 31.6 Å². The summed E-state index contributed by atoms with van der Waals surface area (Å²) in [5.74, 6) is -0.964. The first-order valence-corrected chi connectivity index (χ1v) is 5.94. The van der Waals surface area contributed by atoms with E-state index >= 15 is 0 Å². The van der Waals surface area contributed by atoms with E-state index in [2.05, 4.69) is 10.2 Å². The molecule has 1 aliphatic rings. The van der Waals surface area contributed by atoms with Crippen LogP contribution < -0.4 is 5.32 Å². The maximum absolute atomic E-state index is 13.8. The number of benzene rings is 1. The molecule has 17 heavy (non-hydrogen) atoms. The van der Waals surface area contributed by atoms with E-state index in [0.29, 0.717) is 11.6 Å². The molecule has 0 spiro atoms. The summed E-state index contributed by atoms with van der Waals surface area (Å²) in [6, 6.07) is 4.29. The second-order valence-electron chi connectivity index (χ2n) is 4.67. The van der Waals surface area contributed by atoms with Gasteiger partial charge in [0, 0.05) is 23.7 Å². The van der Waals surface area contributed by atoms with Crippen molar-refractivity contribution < 1.29 is 8.78 Å². The van der Waals surface area contributed by atoms with E-state index in [1.165, 1.54) is 6.07 Å². The highest BCUT2D eigenvalue weighted by Crippen LogP contribution is 2.31. The van der Waals surface area contributed by atoms with E-state index < -0.39 is 11.6 Å². The van der Waals surface area contributed by atoms with E-state index in [4.69, 9.17) is 0 Å². The maximum atomic E-state index is 13.8. The summed E-state index contributed by atoms with van der Waals surface area (Å²) in [7, 11) is 3.91. The van der Waals surface area contributed by atoms with Crippen molar-refractivity contribution in [1.82, 2.24) is 10.2 Å². The predicted octanol–water partition coefficient (Wildman–Crippen LogP) is 2.32. The van der Waals surface area contributed by atoms with Crippen molar-refractivity contribution in [3.05, 3.63) is 35.4 Å². The maximum Gasteiger partial charge on any atom is 0.130 e. The second-order valence-corrected chi connectivity index (χ2v) is 4.67. The summed E-state index contributed by atoms with van der Waals surface area (Å²) >= 11 is 0. The molecule has 1 aromatic carbocycles. The van der Waals surface area contributed by atoms with Crippen LogP contribution in [0.5, 0.6) is 0 Å². The molecule has 94 valence electrons. The van der Waals surface area contributed by atoms with Gasteiger partial charge in [0.1, 0.15) is 11.6 Å². The van der Waals surface area contributed by atoms with Crippen LogP contribution in [0.2, 0.25) is 0 Å². The van der Waals surface area contributed by atoms with Gasteiger partial charge < -0.3 is 5.32 Å². The van der Waals surface area contributed by atoms with Crippen LogP contribution in [0.4, 0.5) is 8.78 Å². The lowest BCUT2D eigenvalue weighted by molar-refractivity contribution is 0.157. The van der Waals surface area contributed by atoms with E-state index in [-0.39, 0.29) is 6.04 Å². The second kappa shape index (κ2) is 5.10. The highest BCUT2D eigenvalue weighted by atomic mass is 19.1. The van der Waals surface area contributed by atoms with Gasteiger partial charge in [-0.1, -0.05) is 6.07 Å². The molecular formula is C13H18F2N2. The minimum Gasteiger partial charge on any atom is -0.317 e. The topological polar surface area (TPSA) is 15.3 Å².